The molecule has 0 unspecified atom stereocenters. The quantitative estimate of drug-likeness (QED) is 0.541. The van der Waals surface area contributed by atoms with Gasteiger partial charge in [0.25, 0.3) is 11.5 Å². The minimum atomic E-state index is -1.13. The Labute approximate surface area is 162 Å². The molecular formula is C21H16F3N3O2. The van der Waals surface area contributed by atoms with Crippen molar-refractivity contribution < 1.29 is 18.0 Å². The van der Waals surface area contributed by atoms with E-state index in [2.05, 4.69) is 9.97 Å². The average molecular weight is 399 g/mol. The molecule has 0 bridgehead atoms. The standard InChI is InChI=1S/C21H16F3N3O2/c1-10(14-9-25-20(28)12-7-17(24)16(23)6-11(12)14)27(2)21(29)19-8-13-15(22)4-3-5-18(13)26-19/h3-10,26H,1-2H3,(H,25,28)/t10-/m1/s1. The van der Waals surface area contributed by atoms with E-state index in [-0.39, 0.29) is 16.5 Å². The number of aromatic amines is 2. The summed E-state index contributed by atoms with van der Waals surface area (Å²) >= 11 is 0. The molecule has 2 N–H and O–H groups in total. The fraction of sp³-hybridized carbons (Fsp3) is 0.143. The molecule has 0 aliphatic rings. The Balaban J connectivity index is 1.75. The number of amides is 1. The number of aromatic nitrogens is 2. The normalized spacial score (nSPS) is 12.4. The van der Waals surface area contributed by atoms with Gasteiger partial charge in [-0.3, -0.25) is 9.59 Å². The predicted molar refractivity (Wildman–Crippen MR) is 103 cm³/mol. The first-order valence-corrected chi connectivity index (χ1v) is 8.82. The lowest BCUT2D eigenvalue weighted by atomic mass is 10.0. The zero-order valence-electron chi connectivity index (χ0n) is 15.5. The summed E-state index contributed by atoms with van der Waals surface area (Å²) in [6.45, 7) is 1.69. The average Bonchev–Trinajstić information content (AvgIpc) is 3.14. The summed E-state index contributed by atoms with van der Waals surface area (Å²) in [5.74, 6) is -3.08. The first kappa shape index (κ1) is 18.8. The summed E-state index contributed by atoms with van der Waals surface area (Å²) in [5, 5.41) is 0.494. The van der Waals surface area contributed by atoms with Crippen molar-refractivity contribution in [1.29, 1.82) is 0 Å². The number of hydrogen-bond donors (Lipinski definition) is 2. The minimum absolute atomic E-state index is 0.0122. The summed E-state index contributed by atoms with van der Waals surface area (Å²) in [6.07, 6.45) is 1.38. The van der Waals surface area contributed by atoms with Crippen LogP contribution in [0.4, 0.5) is 13.2 Å². The predicted octanol–water partition coefficient (Wildman–Crippen LogP) is 4.26. The second kappa shape index (κ2) is 6.80. The molecular weight excluding hydrogens is 383 g/mol. The maximum absolute atomic E-state index is 13.9. The summed E-state index contributed by atoms with van der Waals surface area (Å²) in [4.78, 5) is 31.7. The lowest BCUT2D eigenvalue weighted by Crippen LogP contribution is -2.30. The molecule has 0 aliphatic carbocycles. The number of rotatable bonds is 3. The Bertz CT molecular complexity index is 1330. The van der Waals surface area contributed by atoms with Gasteiger partial charge in [-0.05, 0) is 48.2 Å². The van der Waals surface area contributed by atoms with Gasteiger partial charge < -0.3 is 14.9 Å². The zero-order valence-corrected chi connectivity index (χ0v) is 15.5. The third-order valence-corrected chi connectivity index (χ3v) is 5.17. The van der Waals surface area contributed by atoms with E-state index in [0.29, 0.717) is 16.5 Å². The number of pyridine rings is 1. The Morgan fingerprint density at radius 1 is 1.00 bits per heavy atom. The van der Waals surface area contributed by atoms with Crippen LogP contribution in [0.2, 0.25) is 0 Å². The Hall–Kier alpha value is -3.55. The highest BCUT2D eigenvalue weighted by molar-refractivity contribution is 5.98. The summed E-state index contributed by atoms with van der Waals surface area (Å²) in [5.41, 5.74) is 0.554. The monoisotopic (exact) mass is 399 g/mol. The number of hydrogen-bond acceptors (Lipinski definition) is 2. The van der Waals surface area contributed by atoms with Crippen LogP contribution in [0.3, 0.4) is 0 Å². The Kier molecular flexibility index (Phi) is 4.41. The van der Waals surface area contributed by atoms with Crippen LogP contribution in [0.15, 0.2) is 47.4 Å². The minimum Gasteiger partial charge on any atom is -0.350 e. The Morgan fingerprint density at radius 3 is 2.38 bits per heavy atom. The van der Waals surface area contributed by atoms with Crippen LogP contribution in [0, 0.1) is 17.5 Å². The van der Waals surface area contributed by atoms with Crippen LogP contribution in [-0.2, 0) is 0 Å². The highest BCUT2D eigenvalue weighted by Crippen LogP contribution is 2.28. The van der Waals surface area contributed by atoms with Gasteiger partial charge in [-0.2, -0.15) is 0 Å². The van der Waals surface area contributed by atoms with Crippen LogP contribution in [0.5, 0.6) is 0 Å². The fourth-order valence-electron chi connectivity index (χ4n) is 3.43. The van der Waals surface area contributed by atoms with Gasteiger partial charge in [0.1, 0.15) is 11.5 Å². The third kappa shape index (κ3) is 3.06. The van der Waals surface area contributed by atoms with Crippen LogP contribution in [0.25, 0.3) is 21.7 Å². The maximum atomic E-state index is 13.9. The highest BCUT2D eigenvalue weighted by atomic mass is 19.2. The van der Waals surface area contributed by atoms with Crippen LogP contribution in [-0.4, -0.2) is 27.8 Å². The molecule has 0 saturated heterocycles. The van der Waals surface area contributed by atoms with Gasteiger partial charge in [0.2, 0.25) is 0 Å². The molecule has 5 nitrogen and oxygen atoms in total. The Morgan fingerprint density at radius 2 is 1.69 bits per heavy atom. The largest absolute Gasteiger partial charge is 0.350 e. The second-order valence-corrected chi connectivity index (χ2v) is 6.86. The van der Waals surface area contributed by atoms with Gasteiger partial charge in [0.05, 0.1) is 11.4 Å². The van der Waals surface area contributed by atoms with Crippen molar-refractivity contribution >= 4 is 27.6 Å². The van der Waals surface area contributed by atoms with Crippen molar-refractivity contribution in [1.82, 2.24) is 14.9 Å². The van der Waals surface area contributed by atoms with Gasteiger partial charge in [-0.15, -0.1) is 0 Å². The van der Waals surface area contributed by atoms with Gasteiger partial charge in [-0.1, -0.05) is 6.07 Å². The van der Waals surface area contributed by atoms with Crippen molar-refractivity contribution in [3.8, 4) is 0 Å². The second-order valence-electron chi connectivity index (χ2n) is 6.86. The van der Waals surface area contributed by atoms with Crippen molar-refractivity contribution in [3.05, 3.63) is 81.7 Å². The topological polar surface area (TPSA) is 69.0 Å². The molecule has 0 spiro atoms. The van der Waals surface area contributed by atoms with E-state index in [1.165, 1.54) is 36.3 Å². The SMILES string of the molecule is C[C@H](c1c[nH]c(=O)c2cc(F)c(F)cc12)N(C)C(=O)c1cc2c(F)cccc2[nH]1. The fourth-order valence-corrected chi connectivity index (χ4v) is 3.43. The molecule has 1 amide bonds. The summed E-state index contributed by atoms with van der Waals surface area (Å²) in [7, 11) is 1.53. The van der Waals surface area contributed by atoms with Crippen molar-refractivity contribution in [2.75, 3.05) is 7.05 Å². The molecule has 4 rings (SSSR count). The van der Waals surface area contributed by atoms with E-state index in [0.717, 1.165) is 12.1 Å². The van der Waals surface area contributed by atoms with Gasteiger partial charge >= 0.3 is 0 Å². The number of carbonyl (C=O) groups is 1. The highest BCUT2D eigenvalue weighted by Gasteiger charge is 2.23. The van der Waals surface area contributed by atoms with E-state index >= 15 is 0 Å². The van der Waals surface area contributed by atoms with E-state index in [1.54, 1.807) is 13.0 Å². The number of fused-ring (bicyclic) bond motifs is 2. The lowest BCUT2D eigenvalue weighted by molar-refractivity contribution is 0.0738. The van der Waals surface area contributed by atoms with Crippen molar-refractivity contribution in [3.63, 3.8) is 0 Å². The van der Waals surface area contributed by atoms with E-state index in [9.17, 15) is 22.8 Å². The number of nitrogens with zero attached hydrogens (tertiary/aromatic N) is 1. The molecule has 148 valence electrons. The van der Waals surface area contributed by atoms with Crippen molar-refractivity contribution in [2.45, 2.75) is 13.0 Å². The van der Waals surface area contributed by atoms with Gasteiger partial charge in [-0.25, -0.2) is 13.2 Å². The number of benzene rings is 2. The van der Waals surface area contributed by atoms with Gasteiger partial charge in [0.15, 0.2) is 11.6 Å². The smallest absolute Gasteiger partial charge is 0.270 e. The maximum Gasteiger partial charge on any atom is 0.270 e. The number of carbonyl (C=O) groups excluding carboxylic acids is 1. The molecule has 29 heavy (non-hydrogen) atoms. The molecule has 0 aliphatic heterocycles. The molecule has 2 heterocycles. The third-order valence-electron chi connectivity index (χ3n) is 5.17. The number of nitrogens with one attached hydrogen (secondary N) is 2. The van der Waals surface area contributed by atoms with E-state index in [4.69, 9.17) is 0 Å². The molecule has 0 saturated carbocycles. The molecule has 0 fully saturated rings. The van der Waals surface area contributed by atoms with Crippen LogP contribution >= 0.6 is 0 Å². The lowest BCUT2D eigenvalue weighted by Gasteiger charge is -2.25. The first-order chi connectivity index (χ1) is 13.8. The van der Waals surface area contributed by atoms with E-state index < -0.39 is 35.0 Å². The first-order valence-electron chi connectivity index (χ1n) is 8.82. The van der Waals surface area contributed by atoms with Crippen LogP contribution in [0.1, 0.15) is 29.0 Å². The molecule has 2 aromatic heterocycles. The number of halogens is 3. The van der Waals surface area contributed by atoms with E-state index in [1.807, 2.05) is 0 Å². The molecule has 0 radical (unpaired) electrons. The van der Waals surface area contributed by atoms with Crippen LogP contribution < -0.4 is 5.56 Å². The summed E-state index contributed by atoms with van der Waals surface area (Å²) < 4.78 is 41.3. The summed E-state index contributed by atoms with van der Waals surface area (Å²) in [6, 6.07) is 7.11. The van der Waals surface area contributed by atoms with Crippen molar-refractivity contribution in [2.24, 2.45) is 0 Å². The zero-order chi connectivity index (χ0) is 20.9. The molecule has 4 aromatic rings. The molecule has 2 aromatic carbocycles. The van der Waals surface area contributed by atoms with Gasteiger partial charge in [0, 0.05) is 24.1 Å². The molecule has 1 atom stereocenters. The molecule has 8 heteroatoms. The number of H-pyrrole nitrogens is 2.